The summed E-state index contributed by atoms with van der Waals surface area (Å²) in [6.45, 7) is 4.80. The molecule has 1 heterocycles. The number of para-hydroxylation sites is 2. The van der Waals surface area contributed by atoms with Crippen LogP contribution in [0.3, 0.4) is 0 Å². The van der Waals surface area contributed by atoms with Crippen molar-refractivity contribution in [2.24, 2.45) is 5.92 Å². The monoisotopic (exact) mass is 380 g/mol. The summed E-state index contributed by atoms with van der Waals surface area (Å²) in [6.07, 6.45) is 1.70. The van der Waals surface area contributed by atoms with Gasteiger partial charge in [-0.2, -0.15) is 0 Å². The van der Waals surface area contributed by atoms with Crippen LogP contribution in [0.2, 0.25) is 0 Å². The molecule has 2 aromatic carbocycles. The van der Waals surface area contributed by atoms with Crippen molar-refractivity contribution in [2.45, 2.75) is 32.7 Å². The summed E-state index contributed by atoms with van der Waals surface area (Å²) in [6, 6.07) is 15.4. The van der Waals surface area contributed by atoms with E-state index < -0.39 is 0 Å². The zero-order valence-electron chi connectivity index (χ0n) is 16.7. The lowest BCUT2D eigenvalue weighted by molar-refractivity contribution is 0.230. The molecule has 0 saturated carbocycles. The molecule has 2 amide bonds. The number of aromatic amines is 1. The van der Waals surface area contributed by atoms with Gasteiger partial charge in [-0.15, -0.1) is 0 Å². The lowest BCUT2D eigenvalue weighted by atomic mass is 9.99. The normalized spacial score (nSPS) is 13.1. The second kappa shape index (κ2) is 9.26. The maximum Gasteiger partial charge on any atom is 0.315 e. The molecular formula is C22H28N4O2. The van der Waals surface area contributed by atoms with E-state index in [4.69, 9.17) is 4.74 Å². The maximum absolute atomic E-state index is 12.5. The summed E-state index contributed by atoms with van der Waals surface area (Å²) in [5.41, 5.74) is 3.04. The number of H-pyrrole nitrogens is 1. The maximum atomic E-state index is 12.5. The molecule has 1 aromatic heterocycles. The van der Waals surface area contributed by atoms with E-state index in [9.17, 15) is 4.79 Å². The topological polar surface area (TPSA) is 79.0 Å². The van der Waals surface area contributed by atoms with Crippen LogP contribution in [0.25, 0.3) is 11.0 Å². The fourth-order valence-electron chi connectivity index (χ4n) is 3.14. The Morgan fingerprint density at radius 1 is 1.18 bits per heavy atom. The molecule has 0 fully saturated rings. The number of ether oxygens (including phenoxy) is 1. The molecule has 6 heteroatoms. The van der Waals surface area contributed by atoms with Crippen molar-refractivity contribution in [1.82, 2.24) is 20.6 Å². The van der Waals surface area contributed by atoms with Crippen LogP contribution < -0.4 is 15.4 Å². The van der Waals surface area contributed by atoms with E-state index in [0.717, 1.165) is 41.0 Å². The molecule has 3 rings (SSSR count). The smallest absolute Gasteiger partial charge is 0.315 e. The van der Waals surface area contributed by atoms with Crippen molar-refractivity contribution >= 4 is 17.1 Å². The van der Waals surface area contributed by atoms with E-state index in [1.807, 2.05) is 48.5 Å². The van der Waals surface area contributed by atoms with Crippen LogP contribution in [0.4, 0.5) is 4.79 Å². The minimum atomic E-state index is -0.181. The van der Waals surface area contributed by atoms with Crippen molar-refractivity contribution in [1.29, 1.82) is 0 Å². The van der Waals surface area contributed by atoms with Gasteiger partial charge in [-0.1, -0.05) is 44.5 Å². The lowest BCUT2D eigenvalue weighted by Crippen LogP contribution is -2.41. The lowest BCUT2D eigenvalue weighted by Gasteiger charge is -2.22. The number of benzene rings is 2. The Kier molecular flexibility index (Phi) is 6.53. The molecule has 6 nitrogen and oxygen atoms in total. The number of hydrogen-bond acceptors (Lipinski definition) is 3. The number of nitrogens with one attached hydrogen (secondary N) is 3. The third kappa shape index (κ3) is 4.82. The molecule has 0 saturated heterocycles. The average molecular weight is 380 g/mol. The molecule has 0 aliphatic carbocycles. The Balaban J connectivity index is 1.59. The zero-order valence-corrected chi connectivity index (χ0v) is 16.7. The first kappa shape index (κ1) is 19.7. The first-order valence-electron chi connectivity index (χ1n) is 9.72. The summed E-state index contributed by atoms with van der Waals surface area (Å²) < 4.78 is 5.16. The molecule has 3 aromatic rings. The largest absolute Gasteiger partial charge is 0.497 e. The van der Waals surface area contributed by atoms with E-state index in [1.54, 1.807) is 7.11 Å². The fourth-order valence-corrected chi connectivity index (χ4v) is 3.14. The van der Waals surface area contributed by atoms with Crippen LogP contribution in [0.15, 0.2) is 48.5 Å². The van der Waals surface area contributed by atoms with E-state index >= 15 is 0 Å². The van der Waals surface area contributed by atoms with Crippen molar-refractivity contribution in [3.05, 3.63) is 59.9 Å². The van der Waals surface area contributed by atoms with Crippen LogP contribution in [-0.4, -0.2) is 29.7 Å². The standard InChI is InChI=1S/C22H28N4O2/c1-4-15(2)20(21-24-18-7-5-6-8-19(18)25-21)26-22(27)23-14-13-16-9-11-17(28-3)12-10-16/h5-12,15,20H,4,13-14H2,1-3H3,(H,24,25)(H2,23,26,27)/t15-,20-/m0/s1. The van der Waals surface area contributed by atoms with Gasteiger partial charge in [0.25, 0.3) is 0 Å². The number of imidazole rings is 1. The first-order valence-corrected chi connectivity index (χ1v) is 9.72. The van der Waals surface area contributed by atoms with Crippen LogP contribution in [0, 0.1) is 5.92 Å². The summed E-state index contributed by atoms with van der Waals surface area (Å²) in [5.74, 6) is 1.88. The number of rotatable bonds is 8. The molecule has 28 heavy (non-hydrogen) atoms. The molecule has 0 unspecified atom stereocenters. The fraction of sp³-hybridized carbons (Fsp3) is 0.364. The van der Waals surface area contributed by atoms with Crippen molar-refractivity contribution < 1.29 is 9.53 Å². The van der Waals surface area contributed by atoms with E-state index in [-0.39, 0.29) is 18.0 Å². The van der Waals surface area contributed by atoms with Crippen molar-refractivity contribution in [3.63, 3.8) is 0 Å². The summed E-state index contributed by atoms with van der Waals surface area (Å²) in [5, 5.41) is 6.04. The Labute approximate surface area is 165 Å². The van der Waals surface area contributed by atoms with Gasteiger partial charge in [0.15, 0.2) is 0 Å². The number of urea groups is 1. The zero-order chi connectivity index (χ0) is 19.9. The van der Waals surface area contributed by atoms with Gasteiger partial charge in [-0.25, -0.2) is 9.78 Å². The van der Waals surface area contributed by atoms with Gasteiger partial charge < -0.3 is 20.4 Å². The molecule has 0 aliphatic heterocycles. The highest BCUT2D eigenvalue weighted by Crippen LogP contribution is 2.24. The summed E-state index contributed by atoms with van der Waals surface area (Å²) in [4.78, 5) is 20.5. The molecule has 0 radical (unpaired) electrons. The molecule has 0 spiro atoms. The van der Waals surface area contributed by atoms with E-state index in [0.29, 0.717) is 6.54 Å². The quantitative estimate of drug-likeness (QED) is 0.548. The molecule has 2 atom stereocenters. The number of carbonyl (C=O) groups is 1. The molecule has 148 valence electrons. The third-order valence-electron chi connectivity index (χ3n) is 5.06. The number of methoxy groups -OCH3 is 1. The minimum absolute atomic E-state index is 0.168. The third-order valence-corrected chi connectivity index (χ3v) is 5.06. The second-order valence-electron chi connectivity index (χ2n) is 7.00. The Morgan fingerprint density at radius 3 is 2.61 bits per heavy atom. The van der Waals surface area contributed by atoms with Crippen LogP contribution in [0.1, 0.15) is 37.7 Å². The molecule has 0 bridgehead atoms. The number of hydrogen-bond donors (Lipinski definition) is 3. The predicted molar refractivity (Wildman–Crippen MR) is 112 cm³/mol. The van der Waals surface area contributed by atoms with Crippen molar-refractivity contribution in [2.75, 3.05) is 13.7 Å². The second-order valence-corrected chi connectivity index (χ2v) is 7.00. The number of carbonyl (C=O) groups excluding carboxylic acids is 1. The van der Waals surface area contributed by atoms with Gasteiger partial charge in [-0.05, 0) is 42.2 Å². The number of nitrogens with zero attached hydrogens (tertiary/aromatic N) is 1. The highest BCUT2D eigenvalue weighted by Gasteiger charge is 2.23. The summed E-state index contributed by atoms with van der Waals surface area (Å²) in [7, 11) is 1.65. The first-order chi connectivity index (χ1) is 13.6. The number of amides is 2. The Morgan fingerprint density at radius 2 is 1.93 bits per heavy atom. The van der Waals surface area contributed by atoms with Gasteiger partial charge in [0.1, 0.15) is 11.6 Å². The van der Waals surface area contributed by atoms with Gasteiger partial charge in [-0.3, -0.25) is 0 Å². The minimum Gasteiger partial charge on any atom is -0.497 e. The molecule has 0 aliphatic rings. The van der Waals surface area contributed by atoms with Gasteiger partial charge in [0.05, 0.1) is 24.2 Å². The van der Waals surface area contributed by atoms with Crippen LogP contribution in [-0.2, 0) is 6.42 Å². The SMILES string of the molecule is CC[C@H](C)[C@H](NC(=O)NCCc1ccc(OC)cc1)c1nc2ccccc2[nH]1. The number of fused-ring (bicyclic) bond motifs is 1. The van der Waals surface area contributed by atoms with Gasteiger partial charge >= 0.3 is 6.03 Å². The van der Waals surface area contributed by atoms with Crippen LogP contribution >= 0.6 is 0 Å². The van der Waals surface area contributed by atoms with Crippen molar-refractivity contribution in [3.8, 4) is 5.75 Å². The molecule has 3 N–H and O–H groups in total. The van der Waals surface area contributed by atoms with Crippen LogP contribution in [0.5, 0.6) is 5.75 Å². The van der Waals surface area contributed by atoms with Gasteiger partial charge in [0, 0.05) is 6.54 Å². The highest BCUT2D eigenvalue weighted by atomic mass is 16.5. The Bertz CT molecular complexity index is 871. The predicted octanol–water partition coefficient (Wildman–Crippen LogP) is 4.20. The number of aromatic nitrogens is 2. The molecular weight excluding hydrogens is 352 g/mol. The highest BCUT2D eigenvalue weighted by molar-refractivity contribution is 5.76. The average Bonchev–Trinajstić information content (AvgIpc) is 3.16. The van der Waals surface area contributed by atoms with Gasteiger partial charge in [0.2, 0.25) is 0 Å². The van der Waals surface area contributed by atoms with E-state index in [2.05, 4.69) is 34.4 Å². The van der Waals surface area contributed by atoms with E-state index in [1.165, 1.54) is 0 Å². The summed E-state index contributed by atoms with van der Waals surface area (Å²) >= 11 is 0. The Hall–Kier alpha value is -3.02.